The Bertz CT molecular complexity index is 1260. The number of anilines is 1. The number of fused-ring (bicyclic) bond motifs is 2. The van der Waals surface area contributed by atoms with Gasteiger partial charge < -0.3 is 14.5 Å². The van der Waals surface area contributed by atoms with Gasteiger partial charge in [-0.3, -0.25) is 4.79 Å². The maximum absolute atomic E-state index is 13.8. The van der Waals surface area contributed by atoms with Crippen LogP contribution in [0.5, 0.6) is 0 Å². The Kier molecular flexibility index (Phi) is 6.51. The Balaban J connectivity index is 1.53. The van der Waals surface area contributed by atoms with Crippen LogP contribution in [0.2, 0.25) is 0 Å². The number of thioether (sulfide) groups is 1. The van der Waals surface area contributed by atoms with Crippen LogP contribution in [0, 0.1) is 25.6 Å². The van der Waals surface area contributed by atoms with Gasteiger partial charge >= 0.3 is 12.1 Å². The highest BCUT2D eigenvalue weighted by molar-refractivity contribution is 8.04. The van der Waals surface area contributed by atoms with Crippen molar-refractivity contribution >= 4 is 35.5 Å². The summed E-state index contributed by atoms with van der Waals surface area (Å²) in [4.78, 5) is 45.5. The van der Waals surface area contributed by atoms with Crippen LogP contribution in [-0.2, 0) is 16.1 Å². The van der Waals surface area contributed by atoms with Gasteiger partial charge in [0.2, 0.25) is 5.91 Å². The van der Waals surface area contributed by atoms with Crippen LogP contribution in [0.1, 0.15) is 30.0 Å². The molecule has 2 aromatic rings. The standard InChI is InChI=1S/C27H28FN3O4S/c1-4-35-27(34)29-12-11-21-22(15-29)36-25-23(21)24(32)31(20-9-7-19(28)8-10-20)26(33)30(25)14-18-13-16(2)5-6-17(18)3/h5-10,13,23,25H,4,11-12,14-15H2,1-3H3. The average Bonchev–Trinajstić information content (AvgIpc) is 3.24. The second kappa shape index (κ2) is 9.61. The summed E-state index contributed by atoms with van der Waals surface area (Å²) in [5, 5.41) is -0.409. The molecule has 0 aromatic heterocycles. The topological polar surface area (TPSA) is 70.2 Å². The van der Waals surface area contributed by atoms with Crippen LogP contribution in [0.3, 0.4) is 0 Å². The molecule has 2 aromatic carbocycles. The lowest BCUT2D eigenvalue weighted by Crippen LogP contribution is -2.60. The molecule has 9 heteroatoms. The summed E-state index contributed by atoms with van der Waals surface area (Å²) in [6.45, 7) is 7.23. The number of hydrogen-bond acceptors (Lipinski definition) is 5. The third kappa shape index (κ3) is 4.25. The number of carbonyl (C=O) groups is 3. The van der Waals surface area contributed by atoms with Gasteiger partial charge in [-0.1, -0.05) is 23.8 Å². The first-order valence-electron chi connectivity index (χ1n) is 12.0. The Labute approximate surface area is 213 Å². The molecule has 0 aliphatic carbocycles. The van der Waals surface area contributed by atoms with Crippen LogP contribution in [0.25, 0.3) is 0 Å². The van der Waals surface area contributed by atoms with E-state index in [1.807, 2.05) is 26.0 Å². The number of urea groups is 1. The largest absolute Gasteiger partial charge is 0.450 e. The molecule has 1 saturated heterocycles. The van der Waals surface area contributed by atoms with Crippen molar-refractivity contribution in [1.82, 2.24) is 9.80 Å². The summed E-state index contributed by atoms with van der Waals surface area (Å²) in [7, 11) is 0. The van der Waals surface area contributed by atoms with E-state index in [2.05, 4.69) is 6.07 Å². The van der Waals surface area contributed by atoms with E-state index < -0.39 is 23.1 Å². The van der Waals surface area contributed by atoms with Gasteiger partial charge in [-0.2, -0.15) is 0 Å². The molecule has 0 saturated carbocycles. The average molecular weight is 510 g/mol. The number of carbonyl (C=O) groups excluding carboxylic acids is 3. The van der Waals surface area contributed by atoms with Crippen molar-refractivity contribution in [2.45, 2.75) is 39.1 Å². The highest BCUT2D eigenvalue weighted by Crippen LogP contribution is 2.51. The Morgan fingerprint density at radius 1 is 1.14 bits per heavy atom. The van der Waals surface area contributed by atoms with E-state index in [9.17, 15) is 18.8 Å². The smallest absolute Gasteiger partial charge is 0.410 e. The maximum Gasteiger partial charge on any atom is 0.410 e. The minimum absolute atomic E-state index is 0.295. The van der Waals surface area contributed by atoms with Gasteiger partial charge in [0.1, 0.15) is 5.82 Å². The second-order valence-electron chi connectivity index (χ2n) is 9.30. The first-order valence-corrected chi connectivity index (χ1v) is 12.9. The molecule has 188 valence electrons. The predicted molar refractivity (Wildman–Crippen MR) is 136 cm³/mol. The lowest BCUT2D eigenvalue weighted by molar-refractivity contribution is -0.122. The van der Waals surface area contributed by atoms with Crippen molar-refractivity contribution in [2.24, 2.45) is 5.92 Å². The number of hydrogen-bond donors (Lipinski definition) is 0. The third-order valence-corrected chi connectivity index (χ3v) is 8.40. The number of nitrogens with zero attached hydrogens (tertiary/aromatic N) is 3. The summed E-state index contributed by atoms with van der Waals surface area (Å²) in [6, 6.07) is 11.1. The predicted octanol–water partition coefficient (Wildman–Crippen LogP) is 5.22. The van der Waals surface area contributed by atoms with Gasteiger partial charge in [-0.05, 0) is 68.2 Å². The van der Waals surface area contributed by atoms with Crippen LogP contribution in [0.4, 0.5) is 19.7 Å². The van der Waals surface area contributed by atoms with Crippen LogP contribution >= 0.6 is 11.8 Å². The third-order valence-electron chi connectivity index (χ3n) is 6.95. The summed E-state index contributed by atoms with van der Waals surface area (Å²) in [5.74, 6) is -1.27. The molecule has 36 heavy (non-hydrogen) atoms. The molecule has 2 unspecified atom stereocenters. The SMILES string of the molecule is CCOC(=O)N1CCC2=C(C1)SC1C2C(=O)N(c2ccc(F)cc2)C(=O)N1Cc1cc(C)ccc1C. The number of rotatable bonds is 4. The lowest BCUT2D eigenvalue weighted by Gasteiger charge is -2.42. The van der Waals surface area contributed by atoms with Crippen molar-refractivity contribution < 1.29 is 23.5 Å². The molecule has 7 nitrogen and oxygen atoms in total. The van der Waals surface area contributed by atoms with Gasteiger partial charge in [-0.15, -0.1) is 11.8 Å². The summed E-state index contributed by atoms with van der Waals surface area (Å²) >= 11 is 1.49. The molecule has 0 N–H and O–H groups in total. The van der Waals surface area contributed by atoms with Gasteiger partial charge in [0.25, 0.3) is 0 Å². The number of aryl methyl sites for hydroxylation is 2. The molecule has 3 aliphatic rings. The molecule has 2 atom stereocenters. The van der Waals surface area contributed by atoms with E-state index in [0.717, 1.165) is 27.2 Å². The van der Waals surface area contributed by atoms with Crippen LogP contribution in [-0.4, -0.2) is 52.9 Å². The monoisotopic (exact) mass is 509 g/mol. The number of amides is 4. The zero-order chi connectivity index (χ0) is 25.6. The van der Waals surface area contributed by atoms with E-state index in [4.69, 9.17) is 4.74 Å². The highest BCUT2D eigenvalue weighted by Gasteiger charge is 2.53. The minimum Gasteiger partial charge on any atom is -0.450 e. The molecule has 0 bridgehead atoms. The van der Waals surface area contributed by atoms with Gasteiger partial charge in [0, 0.05) is 18.0 Å². The fourth-order valence-electron chi connectivity index (χ4n) is 5.07. The van der Waals surface area contributed by atoms with Gasteiger partial charge in [0.15, 0.2) is 0 Å². The molecule has 4 amide bonds. The first-order chi connectivity index (χ1) is 17.3. The molecule has 3 aliphatic heterocycles. The van der Waals surface area contributed by atoms with Crippen LogP contribution < -0.4 is 4.90 Å². The van der Waals surface area contributed by atoms with Gasteiger partial charge in [0.05, 0.1) is 30.1 Å². The Morgan fingerprint density at radius 3 is 2.61 bits per heavy atom. The Hall–Kier alpha value is -3.33. The molecular formula is C27H28FN3O4S. The molecule has 5 rings (SSSR count). The maximum atomic E-state index is 13.8. The van der Waals surface area contributed by atoms with Crippen molar-refractivity contribution in [3.05, 3.63) is 75.5 Å². The fraction of sp³-hybridized carbons (Fsp3) is 0.370. The van der Waals surface area contributed by atoms with E-state index in [-0.39, 0.29) is 12.0 Å². The second-order valence-corrected chi connectivity index (χ2v) is 10.5. The Morgan fingerprint density at radius 2 is 1.89 bits per heavy atom. The number of ether oxygens (including phenoxy) is 1. The van der Waals surface area contributed by atoms with Crippen molar-refractivity contribution in [3.8, 4) is 0 Å². The first kappa shape index (κ1) is 24.4. The molecule has 0 spiro atoms. The van der Waals surface area contributed by atoms with Crippen LogP contribution in [0.15, 0.2) is 52.9 Å². The molecule has 1 fully saturated rings. The number of benzene rings is 2. The van der Waals surface area contributed by atoms with E-state index >= 15 is 0 Å². The molecular weight excluding hydrogens is 481 g/mol. The van der Waals surface area contributed by atoms with Crippen molar-refractivity contribution in [1.29, 1.82) is 0 Å². The van der Waals surface area contributed by atoms with Crippen molar-refractivity contribution in [2.75, 3.05) is 24.6 Å². The summed E-state index contributed by atoms with van der Waals surface area (Å²) < 4.78 is 18.8. The normalized spacial score (nSPS) is 21.6. The minimum atomic E-state index is -0.526. The van der Waals surface area contributed by atoms with E-state index in [1.165, 1.54) is 40.9 Å². The molecule has 0 radical (unpaired) electrons. The van der Waals surface area contributed by atoms with Crippen molar-refractivity contribution in [3.63, 3.8) is 0 Å². The zero-order valence-corrected chi connectivity index (χ0v) is 21.3. The number of imide groups is 1. The fourth-order valence-corrected chi connectivity index (χ4v) is 6.68. The lowest BCUT2D eigenvalue weighted by atomic mass is 9.89. The number of halogens is 1. The van der Waals surface area contributed by atoms with E-state index in [1.54, 1.807) is 16.7 Å². The summed E-state index contributed by atoms with van der Waals surface area (Å²) in [5.41, 5.74) is 4.48. The summed E-state index contributed by atoms with van der Waals surface area (Å²) in [6.07, 6.45) is 0.165. The quantitative estimate of drug-likeness (QED) is 0.566. The van der Waals surface area contributed by atoms with E-state index in [0.29, 0.717) is 38.3 Å². The molecule has 3 heterocycles. The zero-order valence-electron chi connectivity index (χ0n) is 20.5. The highest BCUT2D eigenvalue weighted by atomic mass is 32.2. The van der Waals surface area contributed by atoms with Gasteiger partial charge in [-0.25, -0.2) is 18.9 Å².